The number of methoxy groups -OCH3 is 1. The number of hydrogen-bond donors (Lipinski definition) is 3. The number of carbonyl (C=O) groups excluding carboxylic acids is 1. The standard InChI is InChI=1S/C26H44N2O6/c1-7-22(34-26(32)27-16-19(13-18(2)3)14-24(29)30)12-11-21(17-28(4)5)25(31)20-9-8-10-23(15-20)33-6/h8-10,15,18-19,21-22,25,31H,7,11-14,16-17H2,1-6H3,(H,27,32)(H,29,30). The molecule has 0 saturated carbocycles. The van der Waals surface area contributed by atoms with Gasteiger partial charge in [0.15, 0.2) is 0 Å². The molecule has 0 aliphatic carbocycles. The molecule has 0 aliphatic rings. The van der Waals surface area contributed by atoms with E-state index in [1.165, 1.54) is 0 Å². The zero-order valence-electron chi connectivity index (χ0n) is 21.6. The second kappa shape index (κ2) is 15.6. The van der Waals surface area contributed by atoms with Crippen LogP contribution < -0.4 is 10.1 Å². The largest absolute Gasteiger partial charge is 0.497 e. The SMILES string of the molecule is CCC(CCC(CN(C)C)C(O)c1cccc(OC)c1)OC(=O)NCC(CC(=O)O)CC(C)C. The average molecular weight is 481 g/mol. The van der Waals surface area contributed by atoms with Crippen LogP contribution in [0, 0.1) is 17.8 Å². The number of aliphatic carboxylic acids is 1. The van der Waals surface area contributed by atoms with E-state index in [9.17, 15) is 14.7 Å². The summed E-state index contributed by atoms with van der Waals surface area (Å²) in [5, 5.41) is 22.9. The number of aliphatic hydroxyl groups is 1. The van der Waals surface area contributed by atoms with Crippen molar-refractivity contribution in [2.75, 3.05) is 34.3 Å². The van der Waals surface area contributed by atoms with E-state index in [4.69, 9.17) is 14.6 Å². The lowest BCUT2D eigenvalue weighted by Gasteiger charge is -2.28. The Morgan fingerprint density at radius 3 is 2.44 bits per heavy atom. The minimum absolute atomic E-state index is 0.0179. The first-order chi connectivity index (χ1) is 16.0. The summed E-state index contributed by atoms with van der Waals surface area (Å²) in [7, 11) is 5.54. The highest BCUT2D eigenvalue weighted by atomic mass is 16.6. The molecule has 8 nitrogen and oxygen atoms in total. The predicted octanol–water partition coefficient (Wildman–Crippen LogP) is 4.33. The van der Waals surface area contributed by atoms with Crippen LogP contribution in [0.1, 0.15) is 64.5 Å². The van der Waals surface area contributed by atoms with Crippen molar-refractivity contribution in [3.05, 3.63) is 29.8 Å². The zero-order valence-corrected chi connectivity index (χ0v) is 21.6. The van der Waals surface area contributed by atoms with Crippen LogP contribution in [0.2, 0.25) is 0 Å². The molecular formula is C26H44N2O6. The third kappa shape index (κ3) is 11.7. The molecule has 0 bridgehead atoms. The summed E-state index contributed by atoms with van der Waals surface area (Å²) in [6.45, 7) is 6.99. The molecule has 3 N–H and O–H groups in total. The Kier molecular flexibility index (Phi) is 13.6. The van der Waals surface area contributed by atoms with E-state index < -0.39 is 18.2 Å². The van der Waals surface area contributed by atoms with Gasteiger partial charge in [-0.2, -0.15) is 0 Å². The number of nitrogens with one attached hydrogen (secondary N) is 1. The molecule has 0 heterocycles. The number of alkyl carbamates (subject to hydrolysis) is 1. The summed E-state index contributed by atoms with van der Waals surface area (Å²) in [5.74, 6) is -0.00402. The first kappa shape index (κ1) is 29.7. The number of carboxylic acids is 1. The molecule has 34 heavy (non-hydrogen) atoms. The number of amides is 1. The molecule has 0 radical (unpaired) electrons. The monoisotopic (exact) mass is 480 g/mol. The highest BCUT2D eigenvalue weighted by molar-refractivity contribution is 5.68. The second-order valence-electron chi connectivity index (χ2n) is 9.73. The van der Waals surface area contributed by atoms with Gasteiger partial charge < -0.3 is 29.9 Å². The average Bonchev–Trinajstić information content (AvgIpc) is 2.77. The summed E-state index contributed by atoms with van der Waals surface area (Å²) in [5.41, 5.74) is 0.799. The summed E-state index contributed by atoms with van der Waals surface area (Å²) in [4.78, 5) is 25.5. The van der Waals surface area contributed by atoms with Crippen molar-refractivity contribution in [3.8, 4) is 5.75 Å². The van der Waals surface area contributed by atoms with E-state index in [1.807, 2.05) is 64.0 Å². The molecule has 1 rings (SSSR count). The molecule has 0 saturated heterocycles. The molecule has 0 aliphatic heterocycles. The summed E-state index contributed by atoms with van der Waals surface area (Å²) in [6, 6.07) is 7.45. The van der Waals surface area contributed by atoms with E-state index in [2.05, 4.69) is 5.32 Å². The number of nitrogens with zero attached hydrogens (tertiary/aromatic N) is 1. The van der Waals surface area contributed by atoms with Crippen LogP contribution in [-0.2, 0) is 9.53 Å². The van der Waals surface area contributed by atoms with Crippen LogP contribution in [0.15, 0.2) is 24.3 Å². The van der Waals surface area contributed by atoms with Crippen molar-refractivity contribution >= 4 is 12.1 Å². The van der Waals surface area contributed by atoms with Crippen LogP contribution in [0.3, 0.4) is 0 Å². The number of hydrogen-bond acceptors (Lipinski definition) is 6. The molecule has 0 fully saturated rings. The highest BCUT2D eigenvalue weighted by Crippen LogP contribution is 2.29. The van der Waals surface area contributed by atoms with Gasteiger partial charge in [0.1, 0.15) is 11.9 Å². The molecule has 8 heteroatoms. The predicted molar refractivity (Wildman–Crippen MR) is 133 cm³/mol. The Labute approximate surface area is 204 Å². The Morgan fingerprint density at radius 2 is 1.88 bits per heavy atom. The van der Waals surface area contributed by atoms with Gasteiger partial charge in [-0.1, -0.05) is 32.9 Å². The second-order valence-corrected chi connectivity index (χ2v) is 9.73. The van der Waals surface area contributed by atoms with E-state index in [1.54, 1.807) is 7.11 Å². The lowest BCUT2D eigenvalue weighted by molar-refractivity contribution is -0.138. The van der Waals surface area contributed by atoms with Crippen LogP contribution in [0.5, 0.6) is 5.75 Å². The van der Waals surface area contributed by atoms with Crippen LogP contribution >= 0.6 is 0 Å². The smallest absolute Gasteiger partial charge is 0.407 e. The van der Waals surface area contributed by atoms with Gasteiger partial charge in [0, 0.05) is 25.4 Å². The van der Waals surface area contributed by atoms with Gasteiger partial charge in [0.2, 0.25) is 0 Å². The van der Waals surface area contributed by atoms with Crippen molar-refractivity contribution in [2.45, 2.75) is 65.1 Å². The number of ether oxygens (including phenoxy) is 2. The first-order valence-electron chi connectivity index (χ1n) is 12.2. The Morgan fingerprint density at radius 1 is 1.18 bits per heavy atom. The maximum Gasteiger partial charge on any atom is 0.407 e. The van der Waals surface area contributed by atoms with Gasteiger partial charge in [0.05, 0.1) is 13.2 Å². The number of carbonyl (C=O) groups is 2. The molecule has 194 valence electrons. The van der Waals surface area contributed by atoms with Crippen molar-refractivity contribution < 1.29 is 29.3 Å². The minimum atomic E-state index is -0.867. The number of benzene rings is 1. The lowest BCUT2D eigenvalue weighted by Crippen LogP contribution is -2.34. The third-order valence-electron chi connectivity index (χ3n) is 5.87. The lowest BCUT2D eigenvalue weighted by atomic mass is 9.89. The van der Waals surface area contributed by atoms with Gasteiger partial charge in [-0.05, 0) is 69.3 Å². The minimum Gasteiger partial charge on any atom is -0.497 e. The van der Waals surface area contributed by atoms with E-state index in [0.29, 0.717) is 37.5 Å². The van der Waals surface area contributed by atoms with Crippen LogP contribution in [-0.4, -0.2) is 67.6 Å². The van der Waals surface area contributed by atoms with Crippen molar-refractivity contribution in [2.24, 2.45) is 17.8 Å². The summed E-state index contributed by atoms with van der Waals surface area (Å²) < 4.78 is 10.9. The first-order valence-corrected chi connectivity index (χ1v) is 12.2. The topological polar surface area (TPSA) is 108 Å². The van der Waals surface area contributed by atoms with E-state index >= 15 is 0 Å². The Bertz CT molecular complexity index is 740. The quantitative estimate of drug-likeness (QED) is 0.323. The van der Waals surface area contributed by atoms with Gasteiger partial charge in [-0.3, -0.25) is 4.79 Å². The maximum absolute atomic E-state index is 12.4. The fourth-order valence-electron chi connectivity index (χ4n) is 4.24. The number of carboxylic acid groups (broad SMARTS) is 1. The summed E-state index contributed by atoms with van der Waals surface area (Å²) in [6.07, 6.45) is 1.21. The summed E-state index contributed by atoms with van der Waals surface area (Å²) >= 11 is 0. The molecule has 4 unspecified atom stereocenters. The van der Waals surface area contributed by atoms with Gasteiger partial charge in [-0.25, -0.2) is 4.79 Å². The molecule has 1 amide bonds. The van der Waals surface area contributed by atoms with Crippen LogP contribution in [0.4, 0.5) is 4.79 Å². The normalized spacial score (nSPS) is 15.0. The maximum atomic E-state index is 12.4. The highest BCUT2D eigenvalue weighted by Gasteiger charge is 2.25. The number of aliphatic hydroxyl groups excluding tert-OH is 1. The van der Waals surface area contributed by atoms with Gasteiger partial charge in [-0.15, -0.1) is 0 Å². The molecule has 1 aromatic carbocycles. The Balaban J connectivity index is 2.69. The van der Waals surface area contributed by atoms with Crippen molar-refractivity contribution in [1.29, 1.82) is 0 Å². The van der Waals surface area contributed by atoms with E-state index in [0.717, 1.165) is 12.0 Å². The zero-order chi connectivity index (χ0) is 25.7. The van der Waals surface area contributed by atoms with E-state index in [-0.39, 0.29) is 30.9 Å². The molecular weight excluding hydrogens is 436 g/mol. The van der Waals surface area contributed by atoms with Gasteiger partial charge in [0.25, 0.3) is 0 Å². The molecule has 0 aromatic heterocycles. The fraction of sp³-hybridized carbons (Fsp3) is 0.692. The van der Waals surface area contributed by atoms with Crippen molar-refractivity contribution in [1.82, 2.24) is 10.2 Å². The Hall–Kier alpha value is -2.32. The molecule has 4 atom stereocenters. The molecule has 1 aromatic rings. The van der Waals surface area contributed by atoms with Crippen LogP contribution in [0.25, 0.3) is 0 Å². The fourth-order valence-corrected chi connectivity index (χ4v) is 4.24. The van der Waals surface area contributed by atoms with Gasteiger partial charge >= 0.3 is 12.1 Å². The third-order valence-corrected chi connectivity index (χ3v) is 5.87. The van der Waals surface area contributed by atoms with Crippen molar-refractivity contribution in [3.63, 3.8) is 0 Å². The number of rotatable bonds is 16. The molecule has 0 spiro atoms.